The Hall–Kier alpha value is -1.11. The first-order valence-electron chi connectivity index (χ1n) is 3.65. The van der Waals surface area contributed by atoms with Gasteiger partial charge in [0.25, 0.3) is 0 Å². The van der Waals surface area contributed by atoms with Crippen LogP contribution in [-0.4, -0.2) is 10.9 Å². The Morgan fingerprint density at radius 3 is 2.71 bits per heavy atom. The van der Waals surface area contributed by atoms with Gasteiger partial charge in [0, 0.05) is 12.3 Å². The zero-order valence-corrected chi connectivity index (χ0v) is 8.00. The molecular weight excluding hydrogens is 217 g/mol. The van der Waals surface area contributed by atoms with Gasteiger partial charge in [-0.15, -0.1) is 11.3 Å². The van der Waals surface area contributed by atoms with Crippen LogP contribution in [0.4, 0.5) is 13.2 Å². The van der Waals surface area contributed by atoms with Crippen molar-refractivity contribution in [2.24, 2.45) is 0 Å². The fraction of sp³-hybridized carbons (Fsp3) is 0.429. The fourth-order valence-corrected chi connectivity index (χ4v) is 1.46. The summed E-state index contributed by atoms with van der Waals surface area (Å²) in [7, 11) is 0. The molecule has 0 aromatic carbocycles. The van der Waals surface area contributed by atoms with Crippen LogP contribution in [0.3, 0.4) is 0 Å². The predicted octanol–water partition coefficient (Wildman–Crippen LogP) is 1.80. The highest BCUT2D eigenvalue weighted by molar-refractivity contribution is 7.09. The second-order valence-electron chi connectivity index (χ2n) is 2.53. The van der Waals surface area contributed by atoms with E-state index in [1.807, 2.05) is 0 Å². The van der Waals surface area contributed by atoms with Crippen LogP contribution in [0.2, 0.25) is 0 Å². The topological polar surface area (TPSA) is 42.0 Å². The van der Waals surface area contributed by atoms with Crippen molar-refractivity contribution < 1.29 is 18.0 Å². The first-order valence-corrected chi connectivity index (χ1v) is 4.53. The highest BCUT2D eigenvalue weighted by Gasteiger charge is 2.33. The van der Waals surface area contributed by atoms with Gasteiger partial charge in [0.15, 0.2) is 5.69 Å². The molecule has 0 bridgehead atoms. The molecule has 1 amide bonds. The van der Waals surface area contributed by atoms with Gasteiger partial charge < -0.3 is 5.32 Å². The van der Waals surface area contributed by atoms with Crippen LogP contribution in [0, 0.1) is 0 Å². The number of nitrogens with one attached hydrogen (secondary N) is 1. The van der Waals surface area contributed by atoms with E-state index >= 15 is 0 Å². The Morgan fingerprint density at radius 2 is 2.29 bits per heavy atom. The molecule has 1 aromatic rings. The summed E-state index contributed by atoms with van der Waals surface area (Å²) in [5.74, 6) is -0.297. The largest absolute Gasteiger partial charge is 0.434 e. The van der Waals surface area contributed by atoms with Gasteiger partial charge in [0.2, 0.25) is 5.91 Å². The molecule has 0 atom stereocenters. The molecule has 0 saturated heterocycles. The first kappa shape index (κ1) is 11.0. The zero-order valence-electron chi connectivity index (χ0n) is 7.18. The van der Waals surface area contributed by atoms with Crippen molar-refractivity contribution in [1.82, 2.24) is 10.3 Å². The lowest BCUT2D eigenvalue weighted by atomic mass is 10.5. The molecule has 0 aliphatic heterocycles. The first-order chi connectivity index (χ1) is 6.39. The number of halogens is 3. The number of carbonyl (C=O) groups is 1. The molecule has 3 nitrogen and oxygen atoms in total. The average Bonchev–Trinajstić information content (AvgIpc) is 2.47. The highest BCUT2D eigenvalue weighted by atomic mass is 32.1. The molecule has 1 N–H and O–H groups in total. The van der Waals surface area contributed by atoms with Gasteiger partial charge in [-0.1, -0.05) is 0 Å². The van der Waals surface area contributed by atoms with Gasteiger partial charge in [-0.3, -0.25) is 4.79 Å². The zero-order chi connectivity index (χ0) is 10.8. The summed E-state index contributed by atoms with van der Waals surface area (Å²) in [6, 6.07) is 0. The van der Waals surface area contributed by atoms with E-state index in [0.29, 0.717) is 0 Å². The quantitative estimate of drug-likeness (QED) is 0.832. The summed E-state index contributed by atoms with van der Waals surface area (Å²) < 4.78 is 36.2. The van der Waals surface area contributed by atoms with E-state index in [1.54, 1.807) is 0 Å². The molecule has 0 unspecified atom stereocenters. The second kappa shape index (κ2) is 3.95. The lowest BCUT2D eigenvalue weighted by Gasteiger charge is -2.00. The normalized spacial score (nSPS) is 11.4. The summed E-state index contributed by atoms with van der Waals surface area (Å²) in [4.78, 5) is 13.8. The number of alkyl halides is 3. The van der Waals surface area contributed by atoms with Gasteiger partial charge in [-0.05, 0) is 0 Å². The van der Waals surface area contributed by atoms with E-state index in [2.05, 4.69) is 10.3 Å². The highest BCUT2D eigenvalue weighted by Crippen LogP contribution is 2.29. The van der Waals surface area contributed by atoms with Crippen LogP contribution >= 0.6 is 11.3 Å². The Morgan fingerprint density at radius 1 is 1.64 bits per heavy atom. The lowest BCUT2D eigenvalue weighted by Crippen LogP contribution is -2.19. The van der Waals surface area contributed by atoms with Gasteiger partial charge in [-0.2, -0.15) is 13.2 Å². The molecule has 0 radical (unpaired) electrons. The van der Waals surface area contributed by atoms with Gasteiger partial charge in [-0.25, -0.2) is 4.98 Å². The number of rotatable bonds is 2. The molecule has 1 heterocycles. The monoisotopic (exact) mass is 224 g/mol. The van der Waals surface area contributed by atoms with E-state index < -0.39 is 11.9 Å². The Kier molecular flexibility index (Phi) is 3.10. The summed E-state index contributed by atoms with van der Waals surface area (Å²) in [5, 5.41) is 3.54. The van der Waals surface area contributed by atoms with Gasteiger partial charge >= 0.3 is 6.18 Å². The number of hydrogen-bond acceptors (Lipinski definition) is 3. The van der Waals surface area contributed by atoms with Gasteiger partial charge in [0.1, 0.15) is 5.01 Å². The summed E-state index contributed by atoms with van der Waals surface area (Å²) in [5.41, 5.74) is -0.914. The van der Waals surface area contributed by atoms with E-state index in [-0.39, 0.29) is 17.5 Å². The molecule has 0 spiro atoms. The molecule has 0 saturated carbocycles. The maximum atomic E-state index is 12.1. The van der Waals surface area contributed by atoms with Crippen molar-refractivity contribution in [3.63, 3.8) is 0 Å². The summed E-state index contributed by atoms with van der Waals surface area (Å²) in [6.45, 7) is 1.33. The summed E-state index contributed by atoms with van der Waals surface area (Å²) >= 11 is 0.873. The second-order valence-corrected chi connectivity index (χ2v) is 3.48. The number of hydrogen-bond donors (Lipinski definition) is 1. The summed E-state index contributed by atoms with van der Waals surface area (Å²) in [6.07, 6.45) is -4.41. The Balaban J connectivity index is 2.64. The molecule has 1 aromatic heterocycles. The molecule has 0 fully saturated rings. The molecule has 0 aliphatic carbocycles. The van der Waals surface area contributed by atoms with Crippen LogP contribution in [0.25, 0.3) is 0 Å². The maximum Gasteiger partial charge on any atom is 0.434 e. The minimum atomic E-state index is -4.41. The van der Waals surface area contributed by atoms with Crippen LogP contribution in [0.5, 0.6) is 0 Å². The van der Waals surface area contributed by atoms with Gasteiger partial charge in [0.05, 0.1) is 6.54 Å². The molecule has 1 rings (SSSR count). The van der Waals surface area contributed by atoms with Crippen molar-refractivity contribution in [2.75, 3.05) is 0 Å². The standard InChI is InChI=1S/C7H7F3N2OS/c1-4(13)11-2-6-12-5(3-14-6)7(8,9)10/h3H,2H2,1H3,(H,11,13). The third kappa shape index (κ3) is 2.99. The lowest BCUT2D eigenvalue weighted by molar-refractivity contribution is -0.140. The van der Waals surface area contributed by atoms with E-state index in [1.165, 1.54) is 6.92 Å². The van der Waals surface area contributed by atoms with E-state index in [0.717, 1.165) is 16.7 Å². The molecule has 7 heteroatoms. The number of carbonyl (C=O) groups excluding carboxylic acids is 1. The molecular formula is C7H7F3N2OS. The SMILES string of the molecule is CC(=O)NCc1nc(C(F)(F)F)cs1. The number of aromatic nitrogens is 1. The van der Waals surface area contributed by atoms with Crippen molar-refractivity contribution in [3.05, 3.63) is 16.1 Å². The minimum absolute atomic E-state index is 0.0378. The molecule has 78 valence electrons. The smallest absolute Gasteiger partial charge is 0.350 e. The van der Waals surface area contributed by atoms with E-state index in [9.17, 15) is 18.0 Å². The minimum Gasteiger partial charge on any atom is -0.350 e. The van der Waals surface area contributed by atoms with Crippen molar-refractivity contribution in [3.8, 4) is 0 Å². The third-order valence-corrected chi connectivity index (χ3v) is 2.18. The van der Waals surface area contributed by atoms with Crippen LogP contribution in [0.1, 0.15) is 17.6 Å². The van der Waals surface area contributed by atoms with Crippen LogP contribution in [0.15, 0.2) is 5.38 Å². The maximum absolute atomic E-state index is 12.1. The van der Waals surface area contributed by atoms with Crippen molar-refractivity contribution >= 4 is 17.2 Å². The predicted molar refractivity (Wildman–Crippen MR) is 44.6 cm³/mol. The molecule has 0 aliphatic rings. The Labute approximate surface area is 82.0 Å². The van der Waals surface area contributed by atoms with Crippen LogP contribution in [-0.2, 0) is 17.5 Å². The van der Waals surface area contributed by atoms with Crippen molar-refractivity contribution in [2.45, 2.75) is 19.6 Å². The van der Waals surface area contributed by atoms with Crippen molar-refractivity contribution in [1.29, 1.82) is 0 Å². The number of thiazole rings is 1. The third-order valence-electron chi connectivity index (χ3n) is 1.33. The van der Waals surface area contributed by atoms with Crippen LogP contribution < -0.4 is 5.32 Å². The average molecular weight is 224 g/mol. The molecule has 14 heavy (non-hydrogen) atoms. The number of nitrogens with zero attached hydrogens (tertiary/aromatic N) is 1. The number of amides is 1. The fourth-order valence-electron chi connectivity index (χ4n) is 0.722. The Bertz CT molecular complexity index is 334. The van der Waals surface area contributed by atoms with E-state index in [4.69, 9.17) is 0 Å².